The molecule has 1 saturated heterocycles. The number of esters is 2. The SMILES string of the molecule is C/C=C1/[C@@H](O[C@H]2O[C@@H](CO)[C@H](O)[C@@H](O)[C@@H]2O)OC=C(C(=O)OC)[C@@H]1CC(=O)OCCc1ccc(O)c(O)c1. The first kappa shape index (κ1) is 29.4. The number of hydrogen-bond acceptors (Lipinski definition) is 13. The maximum Gasteiger partial charge on any atom is 0.337 e. The summed E-state index contributed by atoms with van der Waals surface area (Å²) in [5, 5.41) is 58.8. The molecule has 0 saturated carbocycles. The van der Waals surface area contributed by atoms with Gasteiger partial charge in [0.2, 0.25) is 6.29 Å². The number of aromatic hydroxyl groups is 2. The molecule has 13 nitrogen and oxygen atoms in total. The first-order valence-corrected chi connectivity index (χ1v) is 11.8. The first-order chi connectivity index (χ1) is 18.1. The van der Waals surface area contributed by atoms with Crippen molar-refractivity contribution < 1.29 is 63.9 Å². The average Bonchev–Trinajstić information content (AvgIpc) is 2.90. The van der Waals surface area contributed by atoms with Crippen LogP contribution in [0, 0.1) is 5.92 Å². The van der Waals surface area contributed by atoms with Gasteiger partial charge in [0.1, 0.15) is 24.4 Å². The van der Waals surface area contributed by atoms with Crippen LogP contribution in [0.4, 0.5) is 0 Å². The van der Waals surface area contributed by atoms with Crippen molar-refractivity contribution in [2.75, 3.05) is 20.3 Å². The molecule has 0 radical (unpaired) electrons. The Morgan fingerprint density at radius 2 is 1.82 bits per heavy atom. The summed E-state index contributed by atoms with van der Waals surface area (Å²) in [4.78, 5) is 25.1. The van der Waals surface area contributed by atoms with Crippen molar-refractivity contribution in [1.82, 2.24) is 0 Å². The number of aliphatic hydroxyl groups excluding tert-OH is 4. The van der Waals surface area contributed by atoms with Gasteiger partial charge in [-0.15, -0.1) is 0 Å². The van der Waals surface area contributed by atoms with E-state index in [4.69, 9.17) is 23.7 Å². The second-order valence-electron chi connectivity index (χ2n) is 8.71. The van der Waals surface area contributed by atoms with Gasteiger partial charge in [-0.3, -0.25) is 4.79 Å². The summed E-state index contributed by atoms with van der Waals surface area (Å²) in [7, 11) is 1.16. The van der Waals surface area contributed by atoms with Gasteiger partial charge >= 0.3 is 11.9 Å². The number of rotatable bonds is 9. The van der Waals surface area contributed by atoms with Crippen molar-refractivity contribution in [3.8, 4) is 11.5 Å². The molecule has 2 heterocycles. The molecule has 0 spiro atoms. The number of ether oxygens (including phenoxy) is 5. The van der Waals surface area contributed by atoms with Gasteiger partial charge in [0.15, 0.2) is 17.8 Å². The Labute approximate surface area is 218 Å². The third kappa shape index (κ3) is 6.62. The molecule has 210 valence electrons. The molecule has 1 fully saturated rings. The van der Waals surface area contributed by atoms with Crippen molar-refractivity contribution >= 4 is 11.9 Å². The van der Waals surface area contributed by atoms with Crippen molar-refractivity contribution in [1.29, 1.82) is 0 Å². The topological polar surface area (TPSA) is 202 Å². The van der Waals surface area contributed by atoms with Gasteiger partial charge < -0.3 is 54.3 Å². The average molecular weight is 541 g/mol. The quantitative estimate of drug-likeness (QED) is 0.131. The van der Waals surface area contributed by atoms with Gasteiger partial charge in [-0.1, -0.05) is 12.1 Å². The number of allylic oxidation sites excluding steroid dienone is 1. The Balaban J connectivity index is 1.71. The van der Waals surface area contributed by atoms with E-state index in [0.29, 0.717) is 11.1 Å². The molecule has 6 N–H and O–H groups in total. The Morgan fingerprint density at radius 3 is 2.45 bits per heavy atom. The Bertz CT molecular complexity index is 1050. The van der Waals surface area contributed by atoms with Crippen LogP contribution < -0.4 is 0 Å². The number of aliphatic hydroxyl groups is 4. The predicted octanol–water partition coefficient (Wildman–Crippen LogP) is -0.634. The van der Waals surface area contributed by atoms with E-state index < -0.39 is 61.5 Å². The number of benzene rings is 1. The second-order valence-corrected chi connectivity index (χ2v) is 8.71. The molecule has 0 aliphatic carbocycles. The van der Waals surface area contributed by atoms with Gasteiger partial charge in [-0.05, 0) is 24.6 Å². The number of phenolic OH excluding ortho intramolecular Hbond substituents is 2. The van der Waals surface area contributed by atoms with Crippen LogP contribution >= 0.6 is 0 Å². The van der Waals surface area contributed by atoms with Crippen LogP contribution in [0.2, 0.25) is 0 Å². The van der Waals surface area contributed by atoms with E-state index >= 15 is 0 Å². The molecular weight excluding hydrogens is 508 g/mol. The molecule has 0 aromatic heterocycles. The minimum Gasteiger partial charge on any atom is -0.504 e. The highest BCUT2D eigenvalue weighted by Crippen LogP contribution is 2.36. The summed E-state index contributed by atoms with van der Waals surface area (Å²) in [5.41, 5.74) is 0.927. The van der Waals surface area contributed by atoms with E-state index in [-0.39, 0.29) is 36.5 Å². The summed E-state index contributed by atoms with van der Waals surface area (Å²) >= 11 is 0. The normalized spacial score (nSPS) is 30.3. The molecule has 7 atom stereocenters. The van der Waals surface area contributed by atoms with E-state index in [9.17, 15) is 40.2 Å². The molecule has 0 unspecified atom stereocenters. The van der Waals surface area contributed by atoms with Gasteiger partial charge in [0.05, 0.1) is 38.6 Å². The molecule has 0 amide bonds. The van der Waals surface area contributed by atoms with E-state index in [2.05, 4.69) is 0 Å². The zero-order valence-electron chi connectivity index (χ0n) is 20.8. The molecule has 0 bridgehead atoms. The van der Waals surface area contributed by atoms with Crippen molar-refractivity contribution in [2.45, 2.75) is 56.8 Å². The van der Waals surface area contributed by atoms with Crippen LogP contribution in [0.3, 0.4) is 0 Å². The van der Waals surface area contributed by atoms with Crippen molar-refractivity contribution in [2.24, 2.45) is 5.92 Å². The molecule has 2 aliphatic heterocycles. The minimum atomic E-state index is -1.69. The van der Waals surface area contributed by atoms with Gasteiger partial charge in [0.25, 0.3) is 0 Å². The minimum absolute atomic E-state index is 0.00894. The maximum atomic E-state index is 12.7. The Morgan fingerprint density at radius 1 is 1.08 bits per heavy atom. The van der Waals surface area contributed by atoms with Crippen LogP contribution in [-0.2, 0) is 39.7 Å². The lowest BCUT2D eigenvalue weighted by molar-refractivity contribution is -0.327. The number of carbonyl (C=O) groups is 2. The Kier molecular flexibility index (Phi) is 10.1. The van der Waals surface area contributed by atoms with Gasteiger partial charge in [-0.2, -0.15) is 0 Å². The van der Waals surface area contributed by atoms with Crippen LogP contribution in [0.1, 0.15) is 18.9 Å². The van der Waals surface area contributed by atoms with E-state index in [1.165, 1.54) is 12.1 Å². The molecule has 1 aromatic rings. The van der Waals surface area contributed by atoms with Gasteiger partial charge in [0, 0.05) is 17.9 Å². The second kappa shape index (κ2) is 13.0. The molecule has 38 heavy (non-hydrogen) atoms. The van der Waals surface area contributed by atoms with E-state index in [1.807, 2.05) is 0 Å². The molecular formula is C25H32O13. The van der Waals surface area contributed by atoms with E-state index in [0.717, 1.165) is 13.4 Å². The van der Waals surface area contributed by atoms with Crippen LogP contribution in [0.25, 0.3) is 0 Å². The Hall–Kier alpha value is -3.20. The smallest absolute Gasteiger partial charge is 0.337 e. The summed E-state index contributed by atoms with van der Waals surface area (Å²) < 4.78 is 26.7. The fourth-order valence-electron chi connectivity index (χ4n) is 4.16. The largest absolute Gasteiger partial charge is 0.504 e. The van der Waals surface area contributed by atoms with Crippen molar-refractivity contribution in [3.63, 3.8) is 0 Å². The van der Waals surface area contributed by atoms with Crippen molar-refractivity contribution in [3.05, 3.63) is 47.2 Å². The lowest BCUT2D eigenvalue weighted by Crippen LogP contribution is -2.60. The highest BCUT2D eigenvalue weighted by atomic mass is 16.8. The first-order valence-electron chi connectivity index (χ1n) is 11.8. The zero-order chi connectivity index (χ0) is 28.0. The summed E-state index contributed by atoms with van der Waals surface area (Å²) in [6, 6.07) is 4.23. The molecule has 1 aromatic carbocycles. The highest BCUT2D eigenvalue weighted by molar-refractivity contribution is 5.90. The molecule has 2 aliphatic rings. The monoisotopic (exact) mass is 540 g/mol. The maximum absolute atomic E-state index is 12.7. The fraction of sp³-hybridized carbons (Fsp3) is 0.520. The number of carbonyl (C=O) groups excluding carboxylic acids is 2. The lowest BCUT2D eigenvalue weighted by Gasteiger charge is -2.41. The summed E-state index contributed by atoms with van der Waals surface area (Å²) in [6.07, 6.45) is -6.39. The van der Waals surface area contributed by atoms with E-state index in [1.54, 1.807) is 19.1 Å². The number of hydrogen-bond donors (Lipinski definition) is 6. The number of phenols is 2. The fourth-order valence-corrected chi connectivity index (χ4v) is 4.16. The van der Waals surface area contributed by atoms with Crippen LogP contribution in [0.5, 0.6) is 11.5 Å². The highest BCUT2D eigenvalue weighted by Gasteiger charge is 2.46. The summed E-state index contributed by atoms with van der Waals surface area (Å²) in [6.45, 7) is 0.912. The third-order valence-corrected chi connectivity index (χ3v) is 6.29. The summed E-state index contributed by atoms with van der Waals surface area (Å²) in [5.74, 6) is -2.89. The number of methoxy groups -OCH3 is 1. The third-order valence-electron chi connectivity index (χ3n) is 6.29. The zero-order valence-corrected chi connectivity index (χ0v) is 20.8. The molecule has 3 rings (SSSR count). The standard InChI is InChI=1S/C25H32O13/c1-3-13-14(9-19(29)35-7-6-12-4-5-16(27)17(28)8-12)15(23(33)34-2)11-36-24(13)38-25-22(32)21(31)20(30)18(10-26)37-25/h3-5,8,11,14,18,20-22,24-28,30-32H,6-7,9-10H2,1-2H3/b13-3+/t14-,18+,20+,21-,22+,24-,25-/m1/s1. The van der Waals surface area contributed by atoms with Crippen LogP contribution in [-0.4, -0.2) is 99.9 Å². The van der Waals surface area contributed by atoms with Crippen LogP contribution in [0.15, 0.2) is 41.7 Å². The predicted molar refractivity (Wildman–Crippen MR) is 126 cm³/mol. The molecule has 13 heteroatoms. The van der Waals surface area contributed by atoms with Gasteiger partial charge in [-0.25, -0.2) is 4.79 Å². The lowest BCUT2D eigenvalue weighted by atomic mass is 9.86.